The van der Waals surface area contributed by atoms with Crippen molar-refractivity contribution >= 4 is 19.9 Å². The summed E-state index contributed by atoms with van der Waals surface area (Å²) in [5, 5.41) is -5.86. The molecule has 0 radical (unpaired) electrons. The molecule has 0 aliphatic heterocycles. The molecule has 0 N–H and O–H groups in total. The molecule has 2 aromatic rings. The molecule has 2 aromatic carbocycles. The lowest BCUT2D eigenvalue weighted by Crippen LogP contribution is -2.43. The van der Waals surface area contributed by atoms with Gasteiger partial charge in [0.2, 0.25) is 0 Å². The third-order valence-electron chi connectivity index (χ3n) is 5.51. The quantitative estimate of drug-likeness (QED) is 0.214. The van der Waals surface area contributed by atoms with Gasteiger partial charge in [0.05, 0.1) is 54.0 Å². The van der Waals surface area contributed by atoms with Gasteiger partial charge in [-0.05, 0) is 22.5 Å². The number of rotatable bonds is 2. The van der Waals surface area contributed by atoms with E-state index in [-0.39, 0.29) is 0 Å². The Hall–Kier alpha value is -3.02. The first-order chi connectivity index (χ1) is 19.4. The highest BCUT2D eigenvalue weighted by Crippen LogP contribution is 2.52. The Morgan fingerprint density at radius 2 is 0.467 bits per heavy atom. The predicted octanol–water partition coefficient (Wildman–Crippen LogP) is 8.96. The van der Waals surface area contributed by atoms with Crippen LogP contribution >= 0.6 is 0 Å². The Balaban J connectivity index is 3.45. The van der Waals surface area contributed by atoms with Crippen LogP contribution in [0, 0.1) is 0 Å². The van der Waals surface area contributed by atoms with Crippen LogP contribution in [0.5, 0.6) is 0 Å². The summed E-state index contributed by atoms with van der Waals surface area (Å²) in [5.41, 5.74) is -31.9. The van der Waals surface area contributed by atoms with Gasteiger partial charge in [-0.15, -0.1) is 0 Å². The highest BCUT2D eigenvalue weighted by atomic mass is 28.2. The fraction of sp³-hybridized carbons (Fsp3) is 0.400. The van der Waals surface area contributed by atoms with Crippen LogP contribution in [0.15, 0.2) is 12.1 Å². The van der Waals surface area contributed by atoms with Crippen molar-refractivity contribution in [3.8, 4) is 0 Å². The molecule has 0 nitrogen and oxygen atoms in total. The summed E-state index contributed by atoms with van der Waals surface area (Å²) in [5.74, 6) is 0. The predicted molar refractivity (Wildman–Crippen MR) is 101 cm³/mol. The molecule has 256 valence electrons. The monoisotopic (exact) mass is 728 g/mol. The third-order valence-corrected chi connectivity index (χ3v) is 7.39. The largest absolute Gasteiger partial charge is 0.417 e. The van der Waals surface area contributed by atoms with Crippen molar-refractivity contribution in [1.82, 2.24) is 0 Å². The smallest absolute Gasteiger partial charge is 0.166 e. The van der Waals surface area contributed by atoms with Crippen molar-refractivity contribution in [3.05, 3.63) is 56.6 Å². The van der Waals surface area contributed by atoms with Crippen molar-refractivity contribution in [1.29, 1.82) is 0 Å². The van der Waals surface area contributed by atoms with Gasteiger partial charge in [0, 0.05) is 0 Å². The van der Waals surface area contributed by atoms with E-state index < -0.39 is 126 Å². The summed E-state index contributed by atoms with van der Waals surface area (Å²) >= 11 is 0. The second-order valence-electron chi connectivity index (χ2n) is 8.58. The normalized spacial score (nSPS) is 14.8. The fourth-order valence-corrected chi connectivity index (χ4v) is 6.34. The van der Waals surface area contributed by atoms with Gasteiger partial charge in [-0.2, -0.15) is 105 Å². The lowest BCUT2D eigenvalue weighted by molar-refractivity contribution is -0.182. The number of benzene rings is 2. The van der Waals surface area contributed by atoms with E-state index in [0.717, 1.165) is 0 Å². The summed E-state index contributed by atoms with van der Waals surface area (Å²) in [4.78, 5) is 0. The summed E-state index contributed by atoms with van der Waals surface area (Å²) in [6.07, 6.45) is -55.7. The second kappa shape index (κ2) is 10.8. The van der Waals surface area contributed by atoms with Crippen LogP contribution in [-0.2, 0) is 49.4 Å². The molecule has 0 aliphatic rings. The van der Waals surface area contributed by atoms with Gasteiger partial charge in [-0.25, -0.2) is 0 Å². The van der Waals surface area contributed by atoms with Crippen LogP contribution in [0.1, 0.15) is 44.5 Å². The zero-order valence-corrected chi connectivity index (χ0v) is 21.3. The Morgan fingerprint density at radius 1 is 0.267 bits per heavy atom. The lowest BCUT2D eigenvalue weighted by atomic mass is 9.93. The van der Waals surface area contributed by atoms with Crippen LogP contribution in [0.3, 0.4) is 0 Å². The Labute approximate surface area is 232 Å². The summed E-state index contributed by atoms with van der Waals surface area (Å²) in [6.45, 7) is 0. The van der Waals surface area contributed by atoms with Gasteiger partial charge in [0.25, 0.3) is 0 Å². The van der Waals surface area contributed by atoms with Gasteiger partial charge in [-0.3, -0.25) is 0 Å². The molecule has 0 spiro atoms. The summed E-state index contributed by atoms with van der Waals surface area (Å²) in [6, 6.07) is -3.02. The lowest BCUT2D eigenvalue weighted by Gasteiger charge is -2.29. The van der Waals surface area contributed by atoms with E-state index in [9.17, 15) is 105 Å². The fourth-order valence-electron chi connectivity index (χ4n) is 4.21. The second-order valence-corrected chi connectivity index (χ2v) is 10.5. The first kappa shape index (κ1) is 38.2. The minimum atomic E-state index is -7.14. The highest BCUT2D eigenvalue weighted by molar-refractivity contribution is 6.68. The van der Waals surface area contributed by atoms with Crippen molar-refractivity contribution in [2.75, 3.05) is 0 Å². The molecule has 0 aliphatic carbocycles. The first-order valence-electron chi connectivity index (χ1n) is 10.4. The van der Waals surface area contributed by atoms with Gasteiger partial charge >= 0.3 is 49.4 Å². The Kier molecular flexibility index (Phi) is 9.13. The molecule has 0 amide bonds. The molecular formula is C20H4F24Si. The van der Waals surface area contributed by atoms with E-state index in [1.807, 2.05) is 0 Å². The van der Waals surface area contributed by atoms with Crippen LogP contribution in [0.25, 0.3) is 0 Å². The van der Waals surface area contributed by atoms with Crippen molar-refractivity contribution in [3.63, 3.8) is 0 Å². The molecule has 0 unspecified atom stereocenters. The third kappa shape index (κ3) is 7.86. The Bertz CT molecular complexity index is 1320. The van der Waals surface area contributed by atoms with Crippen LogP contribution in [-0.4, -0.2) is 9.52 Å². The average molecular weight is 728 g/mol. The van der Waals surface area contributed by atoms with E-state index >= 15 is 0 Å². The number of alkyl halides is 24. The summed E-state index contributed by atoms with van der Waals surface area (Å²) in [7, 11) is -5.06. The van der Waals surface area contributed by atoms with Crippen LogP contribution < -0.4 is 10.4 Å². The van der Waals surface area contributed by atoms with E-state index in [2.05, 4.69) is 0 Å². The minimum Gasteiger partial charge on any atom is -0.166 e. The van der Waals surface area contributed by atoms with E-state index in [1.165, 1.54) is 0 Å². The van der Waals surface area contributed by atoms with E-state index in [0.29, 0.717) is 0 Å². The zero-order chi connectivity index (χ0) is 35.9. The van der Waals surface area contributed by atoms with Gasteiger partial charge in [0.1, 0.15) is 0 Å². The first-order valence-corrected chi connectivity index (χ1v) is 11.8. The maximum atomic E-state index is 13.8. The minimum absolute atomic E-state index is 1.51. The van der Waals surface area contributed by atoms with Crippen LogP contribution in [0.4, 0.5) is 105 Å². The van der Waals surface area contributed by atoms with E-state index in [1.54, 1.807) is 0 Å². The SMILES string of the molecule is FC(F)(F)c1cc([SiH2]c2cc(C(F)(F)F)c(C(F)(F)F)c(C(F)(F)F)c2C(F)(F)F)c(C(F)(F)F)c(C(F)(F)F)c1C(F)(F)F. The standard InChI is InChI=1S/C20H4F24Si/c21-13(22,23)3-1-5(9(17(33,34)35)11(19(39,40)41)7(3)15(27,28)29)45-6-2-4(14(24,25)26)8(16(30,31)32)12(20(42,43)44)10(6)18(36,37)38/h1-2H,45H2. The molecule has 0 heterocycles. The molecule has 0 fully saturated rings. The van der Waals surface area contributed by atoms with Gasteiger partial charge < -0.3 is 0 Å². The molecule has 0 saturated heterocycles. The molecule has 45 heavy (non-hydrogen) atoms. The number of hydrogen-bond acceptors (Lipinski definition) is 0. The molecule has 25 heteroatoms. The Morgan fingerprint density at radius 3 is 0.622 bits per heavy atom. The van der Waals surface area contributed by atoms with Crippen molar-refractivity contribution in [2.45, 2.75) is 49.4 Å². The molecular weight excluding hydrogens is 724 g/mol. The molecule has 0 atom stereocenters. The maximum absolute atomic E-state index is 13.8. The van der Waals surface area contributed by atoms with Crippen molar-refractivity contribution in [2.24, 2.45) is 0 Å². The van der Waals surface area contributed by atoms with Gasteiger partial charge in [-0.1, -0.05) is 0 Å². The molecule has 2 rings (SSSR count). The number of halogens is 24. The molecule has 0 bridgehead atoms. The van der Waals surface area contributed by atoms with Crippen molar-refractivity contribution < 1.29 is 105 Å². The molecule has 0 aromatic heterocycles. The maximum Gasteiger partial charge on any atom is 0.417 e. The highest BCUT2D eigenvalue weighted by Gasteiger charge is 2.58. The van der Waals surface area contributed by atoms with E-state index in [4.69, 9.17) is 0 Å². The zero-order valence-electron chi connectivity index (χ0n) is 19.9. The van der Waals surface area contributed by atoms with Crippen LogP contribution in [0.2, 0.25) is 0 Å². The topological polar surface area (TPSA) is 0 Å². The average Bonchev–Trinajstić information content (AvgIpc) is 2.71. The summed E-state index contributed by atoms with van der Waals surface area (Å²) < 4.78 is 325. The van der Waals surface area contributed by atoms with Gasteiger partial charge in [0.15, 0.2) is 0 Å². The number of hydrogen-bond donors (Lipinski definition) is 0. The molecule has 0 saturated carbocycles.